The summed E-state index contributed by atoms with van der Waals surface area (Å²) in [6, 6.07) is 14.9. The molecule has 0 saturated carbocycles. The van der Waals surface area contributed by atoms with Gasteiger partial charge in [0.05, 0.1) is 10.6 Å². The predicted octanol–water partition coefficient (Wildman–Crippen LogP) is 2.21. The molecule has 2 aliphatic heterocycles. The molecule has 1 amide bonds. The second-order valence-electron chi connectivity index (χ2n) is 7.55. The van der Waals surface area contributed by atoms with Gasteiger partial charge in [0.25, 0.3) is 5.91 Å². The molecule has 1 fully saturated rings. The Labute approximate surface area is 171 Å². The van der Waals surface area contributed by atoms with Crippen molar-refractivity contribution in [2.24, 2.45) is 5.92 Å². The zero-order valence-corrected chi connectivity index (χ0v) is 17.0. The molecule has 0 atom stereocenters. The molecule has 7 nitrogen and oxygen atoms in total. The average molecular weight is 416 g/mol. The largest absolute Gasteiger partial charge is 0.482 e. The van der Waals surface area contributed by atoms with Crippen LogP contribution in [0, 0.1) is 5.92 Å². The summed E-state index contributed by atoms with van der Waals surface area (Å²) in [5.41, 5.74) is 1.79. The van der Waals surface area contributed by atoms with Crippen LogP contribution in [0.4, 0.5) is 5.69 Å². The van der Waals surface area contributed by atoms with Gasteiger partial charge in [-0.3, -0.25) is 9.69 Å². The molecule has 0 radical (unpaired) electrons. The number of piperidine rings is 1. The quantitative estimate of drug-likeness (QED) is 0.755. The molecule has 1 saturated heterocycles. The highest BCUT2D eigenvalue weighted by atomic mass is 32.2. The molecule has 0 spiro atoms. The minimum Gasteiger partial charge on any atom is -0.482 e. The number of sulfonamides is 1. The maximum atomic E-state index is 12.7. The van der Waals surface area contributed by atoms with Gasteiger partial charge in [0.1, 0.15) is 5.75 Å². The third-order valence-corrected chi connectivity index (χ3v) is 6.84. The van der Waals surface area contributed by atoms with E-state index in [1.54, 1.807) is 6.07 Å². The fourth-order valence-electron chi connectivity index (χ4n) is 3.72. The lowest BCUT2D eigenvalue weighted by molar-refractivity contribution is -0.118. The van der Waals surface area contributed by atoms with Gasteiger partial charge in [0, 0.05) is 19.2 Å². The molecule has 29 heavy (non-hydrogen) atoms. The monoisotopic (exact) mass is 415 g/mol. The molecule has 0 unspecified atom stereocenters. The van der Waals surface area contributed by atoms with E-state index in [1.807, 2.05) is 6.07 Å². The third kappa shape index (κ3) is 4.95. The van der Waals surface area contributed by atoms with Gasteiger partial charge in [-0.05, 0) is 49.5 Å². The summed E-state index contributed by atoms with van der Waals surface area (Å²) in [5, 5.41) is 2.66. The van der Waals surface area contributed by atoms with Crippen molar-refractivity contribution in [3.63, 3.8) is 0 Å². The standard InChI is InChI=1S/C21H25N3O4S/c25-21-15-28-20-12-18(6-7-19(20)23-21)29(26,27)22-13-16-8-10-24(11-9-16)14-17-4-2-1-3-5-17/h1-7,12,16,22H,8-11,13-15H2,(H,23,25). The van der Waals surface area contributed by atoms with E-state index >= 15 is 0 Å². The lowest BCUT2D eigenvalue weighted by Crippen LogP contribution is -2.38. The van der Waals surface area contributed by atoms with E-state index in [0.717, 1.165) is 32.5 Å². The molecule has 2 aromatic carbocycles. The molecule has 0 aliphatic carbocycles. The molecule has 2 N–H and O–H groups in total. The first-order chi connectivity index (χ1) is 14.0. The Hall–Kier alpha value is -2.42. The van der Waals surface area contributed by atoms with E-state index in [9.17, 15) is 13.2 Å². The molecule has 2 aromatic rings. The molecule has 154 valence electrons. The molecule has 0 bridgehead atoms. The summed E-state index contributed by atoms with van der Waals surface area (Å²) in [6.07, 6.45) is 1.93. The van der Waals surface area contributed by atoms with Crippen LogP contribution in [0.2, 0.25) is 0 Å². The zero-order valence-electron chi connectivity index (χ0n) is 16.1. The molecule has 0 aromatic heterocycles. The summed E-state index contributed by atoms with van der Waals surface area (Å²) < 4.78 is 33.4. The van der Waals surface area contributed by atoms with Crippen LogP contribution in [0.1, 0.15) is 18.4 Å². The molecule has 2 heterocycles. The van der Waals surface area contributed by atoms with Crippen molar-refractivity contribution in [1.29, 1.82) is 0 Å². The van der Waals surface area contributed by atoms with Crippen molar-refractivity contribution < 1.29 is 17.9 Å². The molecule has 2 aliphatic rings. The Kier molecular flexibility index (Phi) is 5.84. The number of ether oxygens (including phenoxy) is 1. The summed E-state index contributed by atoms with van der Waals surface area (Å²) in [6.45, 7) is 3.19. The highest BCUT2D eigenvalue weighted by Gasteiger charge is 2.24. The Morgan fingerprint density at radius 2 is 1.86 bits per heavy atom. The maximum absolute atomic E-state index is 12.7. The number of nitrogens with zero attached hydrogens (tertiary/aromatic N) is 1. The van der Waals surface area contributed by atoms with Crippen molar-refractivity contribution in [3.05, 3.63) is 54.1 Å². The highest BCUT2D eigenvalue weighted by Crippen LogP contribution is 2.30. The first-order valence-electron chi connectivity index (χ1n) is 9.82. The number of fused-ring (bicyclic) bond motifs is 1. The van der Waals surface area contributed by atoms with Crippen LogP contribution in [-0.2, 0) is 21.4 Å². The topological polar surface area (TPSA) is 87.7 Å². The van der Waals surface area contributed by atoms with Crippen LogP contribution in [0.25, 0.3) is 0 Å². The lowest BCUT2D eigenvalue weighted by atomic mass is 9.97. The van der Waals surface area contributed by atoms with Crippen LogP contribution >= 0.6 is 0 Å². The zero-order chi connectivity index (χ0) is 20.3. The van der Waals surface area contributed by atoms with Crippen molar-refractivity contribution in [2.75, 3.05) is 31.6 Å². The summed E-state index contributed by atoms with van der Waals surface area (Å²) in [5.74, 6) is 0.455. The van der Waals surface area contributed by atoms with Crippen LogP contribution in [-0.4, -0.2) is 45.5 Å². The second-order valence-corrected chi connectivity index (χ2v) is 9.32. The van der Waals surface area contributed by atoms with E-state index in [2.05, 4.69) is 39.2 Å². The minimum atomic E-state index is -3.63. The number of rotatable bonds is 6. The van der Waals surface area contributed by atoms with Crippen molar-refractivity contribution >= 4 is 21.6 Å². The van der Waals surface area contributed by atoms with Gasteiger partial charge in [-0.25, -0.2) is 13.1 Å². The second kappa shape index (κ2) is 8.52. The van der Waals surface area contributed by atoms with Crippen LogP contribution in [0.15, 0.2) is 53.4 Å². The van der Waals surface area contributed by atoms with Crippen molar-refractivity contribution in [1.82, 2.24) is 9.62 Å². The smallest absolute Gasteiger partial charge is 0.262 e. The number of benzene rings is 2. The number of carbonyl (C=O) groups excluding carboxylic acids is 1. The average Bonchev–Trinajstić information content (AvgIpc) is 2.73. The van der Waals surface area contributed by atoms with Gasteiger partial charge in [-0.2, -0.15) is 0 Å². The first kappa shape index (κ1) is 19.9. The number of anilines is 1. The summed E-state index contributed by atoms with van der Waals surface area (Å²) in [4.78, 5) is 13.9. The van der Waals surface area contributed by atoms with Gasteiger partial charge in [0.15, 0.2) is 6.61 Å². The SMILES string of the molecule is O=C1COc2cc(S(=O)(=O)NCC3CCN(Cc4ccccc4)CC3)ccc2N1. The van der Waals surface area contributed by atoms with Crippen LogP contribution < -0.4 is 14.8 Å². The fourth-order valence-corrected chi connectivity index (χ4v) is 4.85. The number of hydrogen-bond acceptors (Lipinski definition) is 5. The number of amides is 1. The van der Waals surface area contributed by atoms with E-state index in [0.29, 0.717) is 23.9 Å². The third-order valence-electron chi connectivity index (χ3n) is 5.41. The van der Waals surface area contributed by atoms with Gasteiger partial charge in [-0.1, -0.05) is 30.3 Å². The van der Waals surface area contributed by atoms with E-state index in [4.69, 9.17) is 4.74 Å². The number of hydrogen-bond donors (Lipinski definition) is 2. The van der Waals surface area contributed by atoms with Gasteiger partial charge in [-0.15, -0.1) is 0 Å². The summed E-state index contributed by atoms with van der Waals surface area (Å²) >= 11 is 0. The Morgan fingerprint density at radius 1 is 1.10 bits per heavy atom. The summed E-state index contributed by atoms with van der Waals surface area (Å²) in [7, 11) is -3.63. The highest BCUT2D eigenvalue weighted by molar-refractivity contribution is 7.89. The predicted molar refractivity (Wildman–Crippen MR) is 110 cm³/mol. The first-order valence-corrected chi connectivity index (χ1v) is 11.3. The normalized spacial score (nSPS) is 18.0. The van der Waals surface area contributed by atoms with Gasteiger partial charge >= 0.3 is 0 Å². The van der Waals surface area contributed by atoms with E-state index in [-0.39, 0.29) is 17.4 Å². The van der Waals surface area contributed by atoms with Gasteiger partial charge < -0.3 is 10.1 Å². The van der Waals surface area contributed by atoms with E-state index < -0.39 is 10.0 Å². The van der Waals surface area contributed by atoms with E-state index in [1.165, 1.54) is 17.7 Å². The fraction of sp³-hybridized carbons (Fsp3) is 0.381. The molecular formula is C21H25N3O4S. The molecule has 4 rings (SSSR count). The number of carbonyl (C=O) groups is 1. The van der Waals surface area contributed by atoms with Gasteiger partial charge in [0.2, 0.25) is 10.0 Å². The number of likely N-dealkylation sites (tertiary alicyclic amines) is 1. The van der Waals surface area contributed by atoms with Crippen molar-refractivity contribution in [2.45, 2.75) is 24.3 Å². The molecular weight excluding hydrogens is 390 g/mol. The van der Waals surface area contributed by atoms with Crippen LogP contribution in [0.5, 0.6) is 5.75 Å². The minimum absolute atomic E-state index is 0.106. The lowest BCUT2D eigenvalue weighted by Gasteiger charge is -2.32. The Balaban J connectivity index is 1.29. The van der Waals surface area contributed by atoms with Crippen molar-refractivity contribution in [3.8, 4) is 5.75 Å². The Morgan fingerprint density at radius 3 is 2.62 bits per heavy atom. The number of nitrogens with one attached hydrogen (secondary N) is 2. The van der Waals surface area contributed by atoms with Crippen LogP contribution in [0.3, 0.4) is 0 Å². The maximum Gasteiger partial charge on any atom is 0.262 e. The Bertz CT molecular complexity index is 971. The molecule has 8 heteroatoms.